The van der Waals surface area contributed by atoms with E-state index in [4.69, 9.17) is 0 Å². The predicted octanol–water partition coefficient (Wildman–Crippen LogP) is 4.20. The zero-order valence-corrected chi connectivity index (χ0v) is 17.7. The lowest BCUT2D eigenvalue weighted by atomic mass is 10.0. The third-order valence-corrected chi connectivity index (χ3v) is 5.50. The Bertz CT molecular complexity index is 1290. The number of nitrogens with zero attached hydrogens (tertiary/aromatic N) is 4. The smallest absolute Gasteiger partial charge is 0.356 e. The Labute approximate surface area is 182 Å². The quantitative estimate of drug-likeness (QED) is 0.487. The van der Waals surface area contributed by atoms with Crippen LogP contribution in [0.3, 0.4) is 0 Å². The zero-order chi connectivity index (χ0) is 22.9. The van der Waals surface area contributed by atoms with Crippen molar-refractivity contribution in [1.29, 1.82) is 0 Å². The predicted molar refractivity (Wildman–Crippen MR) is 114 cm³/mol. The number of aryl methyl sites for hydroxylation is 2. The molecule has 0 unspecified atom stereocenters. The second-order valence-corrected chi connectivity index (χ2v) is 7.64. The molecular weight excluding hydrogens is 419 g/mol. The van der Waals surface area contributed by atoms with Gasteiger partial charge in [-0.15, -0.1) is 5.10 Å². The van der Waals surface area contributed by atoms with Crippen LogP contribution >= 0.6 is 0 Å². The fourth-order valence-corrected chi connectivity index (χ4v) is 3.86. The van der Waals surface area contributed by atoms with Gasteiger partial charge in [-0.25, -0.2) is 9.50 Å². The van der Waals surface area contributed by atoms with Crippen molar-refractivity contribution in [3.63, 3.8) is 0 Å². The summed E-state index contributed by atoms with van der Waals surface area (Å²) in [6.45, 7) is 3.85. The second kappa shape index (κ2) is 8.57. The van der Waals surface area contributed by atoms with Gasteiger partial charge >= 0.3 is 6.18 Å². The zero-order valence-electron chi connectivity index (χ0n) is 17.7. The van der Waals surface area contributed by atoms with Gasteiger partial charge in [-0.1, -0.05) is 42.5 Å². The van der Waals surface area contributed by atoms with Gasteiger partial charge in [-0.2, -0.15) is 18.2 Å². The number of fused-ring (bicyclic) bond motifs is 2. The summed E-state index contributed by atoms with van der Waals surface area (Å²) in [4.78, 5) is 20.0. The van der Waals surface area contributed by atoms with Crippen molar-refractivity contribution >= 4 is 22.5 Å². The highest BCUT2D eigenvalue weighted by atomic mass is 19.4. The molecular formula is C23H22F3N5O. The average molecular weight is 441 g/mol. The van der Waals surface area contributed by atoms with Crippen molar-refractivity contribution in [2.45, 2.75) is 39.3 Å². The van der Waals surface area contributed by atoms with Crippen LogP contribution in [0.2, 0.25) is 0 Å². The van der Waals surface area contributed by atoms with Crippen molar-refractivity contribution < 1.29 is 18.0 Å². The second-order valence-electron chi connectivity index (χ2n) is 7.64. The molecule has 4 rings (SSSR count). The monoisotopic (exact) mass is 441 g/mol. The summed E-state index contributed by atoms with van der Waals surface area (Å²) in [7, 11) is 0. The van der Waals surface area contributed by atoms with Gasteiger partial charge in [0.25, 0.3) is 11.6 Å². The topological polar surface area (TPSA) is 72.2 Å². The molecule has 0 saturated carbocycles. The number of hydrogen-bond donors (Lipinski definition) is 1. The fraction of sp³-hybridized carbons (Fsp3) is 0.304. The number of amides is 1. The molecule has 4 aromatic rings. The highest BCUT2D eigenvalue weighted by Crippen LogP contribution is 2.27. The normalized spacial score (nSPS) is 11.9. The molecule has 0 radical (unpaired) electrons. The number of nitrogens with one attached hydrogen (secondary N) is 1. The van der Waals surface area contributed by atoms with E-state index in [9.17, 15) is 18.0 Å². The van der Waals surface area contributed by atoms with Crippen molar-refractivity contribution in [3.8, 4) is 0 Å². The maximum Gasteiger partial charge on any atom is 0.453 e. The summed E-state index contributed by atoms with van der Waals surface area (Å²) >= 11 is 0. The maximum absolute atomic E-state index is 12.9. The van der Waals surface area contributed by atoms with E-state index in [1.807, 2.05) is 18.2 Å². The van der Waals surface area contributed by atoms with E-state index in [2.05, 4.69) is 44.6 Å². The van der Waals surface area contributed by atoms with Crippen LogP contribution < -0.4 is 5.32 Å². The molecule has 6 nitrogen and oxygen atoms in total. The van der Waals surface area contributed by atoms with Crippen LogP contribution in [0.5, 0.6) is 0 Å². The molecule has 0 aliphatic rings. The lowest BCUT2D eigenvalue weighted by molar-refractivity contribution is -0.144. The van der Waals surface area contributed by atoms with Gasteiger partial charge in [0.2, 0.25) is 5.91 Å². The Morgan fingerprint density at radius 1 is 1.03 bits per heavy atom. The largest absolute Gasteiger partial charge is 0.453 e. The Morgan fingerprint density at radius 2 is 1.78 bits per heavy atom. The first kappa shape index (κ1) is 21.7. The van der Waals surface area contributed by atoms with Crippen molar-refractivity contribution in [1.82, 2.24) is 24.9 Å². The summed E-state index contributed by atoms with van der Waals surface area (Å²) < 4.78 is 39.9. The van der Waals surface area contributed by atoms with E-state index < -0.39 is 12.0 Å². The van der Waals surface area contributed by atoms with Crippen LogP contribution in [0.25, 0.3) is 16.6 Å². The number of hydrogen-bond acceptors (Lipinski definition) is 4. The Hall–Kier alpha value is -3.49. The minimum absolute atomic E-state index is 0.101. The van der Waals surface area contributed by atoms with Crippen LogP contribution in [0, 0.1) is 13.8 Å². The number of halogens is 3. The van der Waals surface area contributed by atoms with Crippen LogP contribution in [0.15, 0.2) is 42.5 Å². The molecule has 0 saturated heterocycles. The van der Waals surface area contributed by atoms with Gasteiger partial charge in [0.1, 0.15) is 0 Å². The number of alkyl halides is 3. The van der Waals surface area contributed by atoms with E-state index in [1.54, 1.807) is 13.8 Å². The van der Waals surface area contributed by atoms with Gasteiger partial charge < -0.3 is 5.32 Å². The molecule has 32 heavy (non-hydrogen) atoms. The van der Waals surface area contributed by atoms with Gasteiger partial charge in [0, 0.05) is 24.4 Å². The summed E-state index contributed by atoms with van der Waals surface area (Å²) in [6, 6.07) is 14.2. The summed E-state index contributed by atoms with van der Waals surface area (Å²) in [5.41, 5.74) is 2.90. The highest BCUT2D eigenvalue weighted by Gasteiger charge is 2.36. The minimum Gasteiger partial charge on any atom is -0.356 e. The van der Waals surface area contributed by atoms with E-state index in [-0.39, 0.29) is 18.1 Å². The average Bonchev–Trinajstić information content (AvgIpc) is 3.18. The van der Waals surface area contributed by atoms with E-state index in [1.165, 1.54) is 5.39 Å². The van der Waals surface area contributed by atoms with Crippen LogP contribution in [-0.2, 0) is 23.8 Å². The first-order chi connectivity index (χ1) is 15.2. The Kier molecular flexibility index (Phi) is 5.82. The third kappa shape index (κ3) is 4.42. The lowest BCUT2D eigenvalue weighted by Crippen LogP contribution is -2.26. The molecule has 2 aromatic carbocycles. The molecule has 0 spiro atoms. The molecule has 0 fully saturated rings. The van der Waals surface area contributed by atoms with E-state index >= 15 is 0 Å². The molecule has 1 amide bonds. The molecule has 0 aliphatic heterocycles. The first-order valence-electron chi connectivity index (χ1n) is 10.3. The first-order valence-corrected chi connectivity index (χ1v) is 10.3. The maximum atomic E-state index is 12.9. The van der Waals surface area contributed by atoms with Gasteiger partial charge in [0.05, 0.1) is 0 Å². The van der Waals surface area contributed by atoms with Gasteiger partial charge in [-0.05, 0) is 48.6 Å². The molecule has 9 heteroatoms. The Balaban J connectivity index is 1.39. The molecule has 1 N–H and O–H groups in total. The van der Waals surface area contributed by atoms with Gasteiger partial charge in [-0.3, -0.25) is 4.79 Å². The minimum atomic E-state index is -4.64. The standard InChI is InChI=1S/C23H22F3N5O/c1-14-18(15(2)31-22(28-14)29-21(30-31)23(24,25)26)10-11-20(32)27-13-12-17-8-5-7-16-6-3-4-9-19(16)17/h3-9H,10-13H2,1-2H3,(H,27,32). The number of aromatic nitrogens is 4. The molecule has 0 atom stereocenters. The summed E-state index contributed by atoms with van der Waals surface area (Å²) in [6.07, 6.45) is -3.39. The van der Waals surface area contributed by atoms with Crippen molar-refractivity contribution in [2.75, 3.05) is 6.54 Å². The molecule has 2 aromatic heterocycles. The summed E-state index contributed by atoms with van der Waals surface area (Å²) in [5, 5.41) is 8.79. The Morgan fingerprint density at radius 3 is 2.56 bits per heavy atom. The number of rotatable bonds is 6. The van der Waals surface area contributed by atoms with Crippen molar-refractivity contribution in [3.05, 3.63) is 70.8 Å². The number of carbonyl (C=O) groups is 1. The van der Waals surface area contributed by atoms with E-state index in [0.29, 0.717) is 36.3 Å². The van der Waals surface area contributed by atoms with Gasteiger partial charge in [0.15, 0.2) is 0 Å². The van der Waals surface area contributed by atoms with Crippen molar-refractivity contribution in [2.24, 2.45) is 0 Å². The van der Waals surface area contributed by atoms with Crippen LogP contribution in [0.4, 0.5) is 13.2 Å². The molecule has 0 bridgehead atoms. The fourth-order valence-electron chi connectivity index (χ4n) is 3.86. The number of benzene rings is 2. The molecule has 2 heterocycles. The van der Waals surface area contributed by atoms with E-state index in [0.717, 1.165) is 15.5 Å². The van der Waals surface area contributed by atoms with Crippen LogP contribution in [-0.4, -0.2) is 32.0 Å². The molecule has 0 aliphatic carbocycles. The molecule has 166 valence electrons. The summed E-state index contributed by atoms with van der Waals surface area (Å²) in [5.74, 6) is -1.45. The van der Waals surface area contributed by atoms with Crippen LogP contribution in [0.1, 0.15) is 34.8 Å². The third-order valence-electron chi connectivity index (χ3n) is 5.50. The SMILES string of the molecule is Cc1nc2nc(C(F)(F)F)nn2c(C)c1CCC(=O)NCCc1cccc2ccccc12. The lowest BCUT2D eigenvalue weighted by Gasteiger charge is -2.11. The number of carbonyl (C=O) groups excluding carboxylic acids is 1. The highest BCUT2D eigenvalue weighted by molar-refractivity contribution is 5.85.